The molecule has 0 aliphatic rings. The van der Waals surface area contributed by atoms with Crippen molar-refractivity contribution in [3.8, 4) is 5.75 Å². The zero-order chi connectivity index (χ0) is 15.1. The minimum absolute atomic E-state index is 0.242. The molecule has 1 atom stereocenters. The van der Waals surface area contributed by atoms with Crippen LogP contribution in [0.4, 0.5) is 0 Å². The summed E-state index contributed by atoms with van der Waals surface area (Å²) in [4.78, 5) is 12.4. The number of ether oxygens (including phenoxy) is 2. The van der Waals surface area contributed by atoms with E-state index in [1.54, 1.807) is 12.1 Å². The van der Waals surface area contributed by atoms with Crippen LogP contribution in [0.1, 0.15) is 42.3 Å². The second kappa shape index (κ2) is 7.48. The van der Waals surface area contributed by atoms with Crippen LogP contribution in [0.5, 0.6) is 5.75 Å². The lowest BCUT2D eigenvalue weighted by atomic mass is 10.1. The van der Waals surface area contributed by atoms with Crippen molar-refractivity contribution in [1.29, 1.82) is 0 Å². The number of rotatable bonds is 6. The molecule has 0 fully saturated rings. The van der Waals surface area contributed by atoms with E-state index in [2.05, 4.69) is 0 Å². The van der Waals surface area contributed by atoms with Crippen molar-refractivity contribution >= 4 is 5.97 Å². The zero-order valence-corrected chi connectivity index (χ0v) is 12.4. The van der Waals surface area contributed by atoms with Gasteiger partial charge in [-0.1, -0.05) is 49.4 Å². The topological polar surface area (TPSA) is 35.5 Å². The third kappa shape index (κ3) is 3.85. The van der Waals surface area contributed by atoms with Crippen molar-refractivity contribution < 1.29 is 14.3 Å². The first kappa shape index (κ1) is 15.1. The van der Waals surface area contributed by atoms with Crippen LogP contribution in [-0.4, -0.2) is 12.6 Å². The van der Waals surface area contributed by atoms with Crippen molar-refractivity contribution in [3.05, 3.63) is 65.7 Å². The molecule has 0 heterocycles. The molecule has 0 aromatic heterocycles. The summed E-state index contributed by atoms with van der Waals surface area (Å²) in [7, 11) is 0. The molecule has 21 heavy (non-hydrogen) atoms. The fourth-order valence-electron chi connectivity index (χ4n) is 2.16. The van der Waals surface area contributed by atoms with E-state index in [0.717, 1.165) is 12.0 Å². The Labute approximate surface area is 125 Å². The molecule has 0 amide bonds. The van der Waals surface area contributed by atoms with Crippen LogP contribution in [-0.2, 0) is 4.74 Å². The summed E-state index contributed by atoms with van der Waals surface area (Å²) < 4.78 is 11.1. The first-order valence-corrected chi connectivity index (χ1v) is 7.24. The van der Waals surface area contributed by atoms with Crippen LogP contribution in [0, 0.1) is 0 Å². The van der Waals surface area contributed by atoms with Gasteiger partial charge in [-0.2, -0.15) is 0 Å². The van der Waals surface area contributed by atoms with Gasteiger partial charge in [-0.05, 0) is 31.0 Å². The molecule has 0 saturated heterocycles. The Morgan fingerprint density at radius 2 is 1.67 bits per heavy atom. The summed E-state index contributed by atoms with van der Waals surface area (Å²) in [6.45, 7) is 4.40. The smallest absolute Gasteiger partial charge is 0.342 e. The molecule has 110 valence electrons. The molecule has 0 aliphatic carbocycles. The molecular formula is C18H20O3. The van der Waals surface area contributed by atoms with Gasteiger partial charge in [0.1, 0.15) is 17.4 Å². The summed E-state index contributed by atoms with van der Waals surface area (Å²) in [6.07, 6.45) is 0.486. The summed E-state index contributed by atoms with van der Waals surface area (Å²) in [6, 6.07) is 16.9. The van der Waals surface area contributed by atoms with Gasteiger partial charge >= 0.3 is 5.97 Å². The number of hydrogen-bond donors (Lipinski definition) is 0. The van der Waals surface area contributed by atoms with E-state index in [1.165, 1.54) is 0 Å². The van der Waals surface area contributed by atoms with E-state index in [0.29, 0.717) is 17.9 Å². The van der Waals surface area contributed by atoms with E-state index < -0.39 is 0 Å². The third-order valence-corrected chi connectivity index (χ3v) is 3.20. The van der Waals surface area contributed by atoms with Gasteiger partial charge < -0.3 is 9.47 Å². The second-order valence-corrected chi connectivity index (χ2v) is 4.64. The van der Waals surface area contributed by atoms with E-state index in [4.69, 9.17) is 9.47 Å². The number of hydrogen-bond acceptors (Lipinski definition) is 3. The van der Waals surface area contributed by atoms with E-state index >= 15 is 0 Å². The minimum Gasteiger partial charge on any atom is -0.493 e. The molecule has 0 aliphatic heterocycles. The average Bonchev–Trinajstić information content (AvgIpc) is 2.54. The van der Waals surface area contributed by atoms with Gasteiger partial charge in [0.25, 0.3) is 0 Å². The standard InChI is InChI=1S/C18H20O3/c1-3-16(14-10-6-5-7-11-14)21-18(19)15-12-8-9-13-17(15)20-4-2/h5-13,16H,3-4H2,1-2H3. The highest BCUT2D eigenvalue weighted by molar-refractivity contribution is 5.92. The lowest BCUT2D eigenvalue weighted by Gasteiger charge is -2.17. The van der Waals surface area contributed by atoms with E-state index in [-0.39, 0.29) is 12.1 Å². The van der Waals surface area contributed by atoms with Crippen molar-refractivity contribution in [2.24, 2.45) is 0 Å². The zero-order valence-electron chi connectivity index (χ0n) is 12.4. The van der Waals surface area contributed by atoms with Gasteiger partial charge in [0.2, 0.25) is 0 Å². The SMILES string of the molecule is CCOc1ccccc1C(=O)OC(CC)c1ccccc1. The number of carbonyl (C=O) groups excluding carboxylic acids is 1. The Hall–Kier alpha value is -2.29. The molecular weight excluding hydrogens is 264 g/mol. The highest BCUT2D eigenvalue weighted by Crippen LogP contribution is 2.25. The van der Waals surface area contributed by atoms with Crippen LogP contribution in [0.25, 0.3) is 0 Å². The molecule has 2 rings (SSSR count). The molecule has 0 spiro atoms. The first-order valence-electron chi connectivity index (χ1n) is 7.24. The third-order valence-electron chi connectivity index (χ3n) is 3.20. The van der Waals surface area contributed by atoms with Crippen LogP contribution >= 0.6 is 0 Å². The Morgan fingerprint density at radius 1 is 1.00 bits per heavy atom. The maximum Gasteiger partial charge on any atom is 0.342 e. The van der Waals surface area contributed by atoms with E-state index in [1.807, 2.05) is 56.3 Å². The Morgan fingerprint density at radius 3 is 2.33 bits per heavy atom. The monoisotopic (exact) mass is 284 g/mol. The molecule has 1 unspecified atom stereocenters. The van der Waals surface area contributed by atoms with E-state index in [9.17, 15) is 4.79 Å². The number of para-hydroxylation sites is 1. The minimum atomic E-state index is -0.352. The van der Waals surface area contributed by atoms with Crippen molar-refractivity contribution in [2.45, 2.75) is 26.4 Å². The van der Waals surface area contributed by atoms with Crippen LogP contribution < -0.4 is 4.74 Å². The molecule has 3 heteroatoms. The van der Waals surface area contributed by atoms with Gasteiger partial charge in [0.05, 0.1) is 6.61 Å². The maximum atomic E-state index is 12.4. The van der Waals surface area contributed by atoms with Crippen molar-refractivity contribution in [2.75, 3.05) is 6.61 Å². The van der Waals surface area contributed by atoms with Gasteiger partial charge in [-0.3, -0.25) is 0 Å². The first-order chi connectivity index (χ1) is 10.3. The lowest BCUT2D eigenvalue weighted by molar-refractivity contribution is 0.0284. The van der Waals surface area contributed by atoms with Gasteiger partial charge in [0.15, 0.2) is 0 Å². The molecule has 3 nitrogen and oxygen atoms in total. The second-order valence-electron chi connectivity index (χ2n) is 4.64. The summed E-state index contributed by atoms with van der Waals surface area (Å²) in [5, 5.41) is 0. The van der Waals surface area contributed by atoms with Crippen molar-refractivity contribution in [1.82, 2.24) is 0 Å². The Balaban J connectivity index is 2.17. The summed E-state index contributed by atoms with van der Waals surface area (Å²) in [5.74, 6) is 0.211. The molecule has 0 N–H and O–H groups in total. The van der Waals surface area contributed by atoms with Gasteiger partial charge in [0, 0.05) is 0 Å². The quantitative estimate of drug-likeness (QED) is 0.738. The van der Waals surface area contributed by atoms with Crippen LogP contribution in [0.15, 0.2) is 54.6 Å². The van der Waals surface area contributed by atoms with Gasteiger partial charge in [-0.25, -0.2) is 4.79 Å². The predicted molar refractivity (Wildman–Crippen MR) is 82.5 cm³/mol. The van der Waals surface area contributed by atoms with Crippen LogP contribution in [0.3, 0.4) is 0 Å². The molecule has 0 bridgehead atoms. The number of esters is 1. The largest absolute Gasteiger partial charge is 0.493 e. The molecule has 0 radical (unpaired) electrons. The van der Waals surface area contributed by atoms with Crippen LogP contribution in [0.2, 0.25) is 0 Å². The number of carbonyl (C=O) groups is 1. The highest BCUT2D eigenvalue weighted by Gasteiger charge is 2.19. The normalized spacial score (nSPS) is 11.7. The Bertz CT molecular complexity index is 578. The average molecular weight is 284 g/mol. The predicted octanol–water partition coefficient (Wildman–Crippen LogP) is 4.39. The fourth-order valence-corrected chi connectivity index (χ4v) is 2.16. The lowest BCUT2D eigenvalue weighted by Crippen LogP contribution is -2.12. The molecule has 0 saturated carbocycles. The number of benzene rings is 2. The fraction of sp³-hybridized carbons (Fsp3) is 0.278. The highest BCUT2D eigenvalue weighted by atomic mass is 16.5. The van der Waals surface area contributed by atoms with Gasteiger partial charge in [-0.15, -0.1) is 0 Å². The summed E-state index contributed by atoms with van der Waals surface area (Å²) >= 11 is 0. The van der Waals surface area contributed by atoms with Crippen molar-refractivity contribution in [3.63, 3.8) is 0 Å². The molecule has 2 aromatic rings. The molecule has 2 aromatic carbocycles. The maximum absolute atomic E-state index is 12.4. The Kier molecular flexibility index (Phi) is 5.38. The summed E-state index contributed by atoms with van der Waals surface area (Å²) in [5.41, 5.74) is 1.47.